The Labute approximate surface area is 134 Å². The first kappa shape index (κ1) is 15.9. The molecule has 0 saturated carbocycles. The number of rotatable bonds is 5. The molecule has 0 N–H and O–H groups in total. The molecule has 1 atom stereocenters. The van der Waals surface area contributed by atoms with Gasteiger partial charge in [0.25, 0.3) is 0 Å². The van der Waals surface area contributed by atoms with Crippen molar-refractivity contribution in [1.29, 1.82) is 0 Å². The Hall–Kier alpha value is -1.51. The predicted molar refractivity (Wildman–Crippen MR) is 86.7 cm³/mol. The number of ether oxygens (including phenoxy) is 1. The summed E-state index contributed by atoms with van der Waals surface area (Å²) in [6.07, 6.45) is 0.312. The van der Waals surface area contributed by atoms with Crippen molar-refractivity contribution in [3.8, 4) is 5.75 Å². The Morgan fingerprint density at radius 3 is 2.43 bits per heavy atom. The molecule has 0 radical (unpaired) electrons. The van der Waals surface area contributed by atoms with Gasteiger partial charge in [-0.25, -0.2) is 0 Å². The second-order valence-electron chi connectivity index (χ2n) is 4.75. The van der Waals surface area contributed by atoms with Crippen molar-refractivity contribution in [3.63, 3.8) is 0 Å². The maximum absolute atomic E-state index is 12.3. The third-order valence-corrected chi connectivity index (χ3v) is 3.76. The zero-order valence-corrected chi connectivity index (χ0v) is 13.4. The van der Waals surface area contributed by atoms with Gasteiger partial charge in [0.05, 0.1) is 5.02 Å². The third-order valence-electron chi connectivity index (χ3n) is 3.21. The summed E-state index contributed by atoms with van der Waals surface area (Å²) in [4.78, 5) is 12.3. The van der Waals surface area contributed by atoms with Gasteiger partial charge in [-0.3, -0.25) is 4.79 Å². The van der Waals surface area contributed by atoms with Gasteiger partial charge in [0.1, 0.15) is 5.75 Å². The van der Waals surface area contributed by atoms with Crippen molar-refractivity contribution in [2.45, 2.75) is 26.4 Å². The van der Waals surface area contributed by atoms with E-state index >= 15 is 0 Å². The Balaban J connectivity index is 2.13. The fourth-order valence-corrected chi connectivity index (χ4v) is 2.28. The summed E-state index contributed by atoms with van der Waals surface area (Å²) in [6.45, 7) is 3.77. The lowest BCUT2D eigenvalue weighted by molar-refractivity contribution is 0.0818. The van der Waals surface area contributed by atoms with Gasteiger partial charge in [0.15, 0.2) is 6.10 Å². The summed E-state index contributed by atoms with van der Waals surface area (Å²) in [5, 5.41) is 0.946. The van der Waals surface area contributed by atoms with E-state index in [-0.39, 0.29) is 5.78 Å². The molecule has 0 amide bonds. The summed E-state index contributed by atoms with van der Waals surface area (Å²) in [6, 6.07) is 12.5. The first-order chi connectivity index (χ1) is 10.0. The lowest BCUT2D eigenvalue weighted by Gasteiger charge is -2.15. The van der Waals surface area contributed by atoms with Gasteiger partial charge in [-0.1, -0.05) is 54.4 Å². The van der Waals surface area contributed by atoms with Crippen molar-refractivity contribution < 1.29 is 9.53 Å². The molecule has 0 spiro atoms. The third kappa shape index (κ3) is 3.99. The van der Waals surface area contributed by atoms with Crippen LogP contribution in [0.3, 0.4) is 0 Å². The number of carbonyl (C=O) groups excluding carboxylic acids is 1. The summed E-state index contributed by atoms with van der Waals surface area (Å²) in [5.41, 5.74) is 1.82. The largest absolute Gasteiger partial charge is 0.481 e. The van der Waals surface area contributed by atoms with Crippen molar-refractivity contribution >= 4 is 29.0 Å². The normalized spacial score (nSPS) is 12.0. The highest BCUT2D eigenvalue weighted by atomic mass is 35.5. The molecule has 0 fully saturated rings. The molecular weight excluding hydrogens is 307 g/mol. The van der Waals surface area contributed by atoms with Crippen molar-refractivity contribution in [2.75, 3.05) is 0 Å². The molecule has 0 bridgehead atoms. The molecule has 0 heterocycles. The van der Waals surface area contributed by atoms with Crippen molar-refractivity contribution in [1.82, 2.24) is 0 Å². The van der Waals surface area contributed by atoms with Crippen LogP contribution in [0.1, 0.15) is 29.8 Å². The summed E-state index contributed by atoms with van der Waals surface area (Å²) < 4.78 is 5.63. The Kier molecular flexibility index (Phi) is 5.27. The molecule has 0 aliphatic rings. The molecule has 0 aliphatic heterocycles. The SMILES string of the molecule is CCc1ccc(C(=O)C(C)Oc2cc(Cl)ccc2Cl)cc1. The first-order valence-corrected chi connectivity index (χ1v) is 7.51. The van der Waals surface area contributed by atoms with Crippen LogP contribution in [0.2, 0.25) is 10.0 Å². The average molecular weight is 323 g/mol. The molecule has 2 nitrogen and oxygen atoms in total. The van der Waals surface area contributed by atoms with E-state index < -0.39 is 6.10 Å². The van der Waals surface area contributed by atoms with E-state index in [0.29, 0.717) is 21.4 Å². The fourth-order valence-electron chi connectivity index (χ4n) is 1.95. The lowest BCUT2D eigenvalue weighted by atomic mass is 10.0. The van der Waals surface area contributed by atoms with Crippen LogP contribution < -0.4 is 4.74 Å². The lowest BCUT2D eigenvalue weighted by Crippen LogP contribution is -2.24. The second kappa shape index (κ2) is 6.97. The van der Waals surface area contributed by atoms with Crippen LogP contribution in [0.25, 0.3) is 0 Å². The average Bonchev–Trinajstić information content (AvgIpc) is 2.50. The van der Waals surface area contributed by atoms with Crippen LogP contribution in [0.4, 0.5) is 0 Å². The van der Waals surface area contributed by atoms with Crippen LogP contribution in [0.5, 0.6) is 5.75 Å². The zero-order chi connectivity index (χ0) is 15.4. The number of Topliss-reactive ketones (excluding diaryl/α,β-unsaturated/α-hetero) is 1. The van der Waals surface area contributed by atoms with E-state index in [4.69, 9.17) is 27.9 Å². The standard InChI is InChI=1S/C17H16Cl2O2/c1-3-12-4-6-13(7-5-12)17(20)11(2)21-16-10-14(18)8-9-15(16)19/h4-11H,3H2,1-2H3. The Morgan fingerprint density at radius 1 is 1.14 bits per heavy atom. The molecule has 110 valence electrons. The molecule has 1 unspecified atom stereocenters. The quantitative estimate of drug-likeness (QED) is 0.706. The number of carbonyl (C=O) groups is 1. The van der Waals surface area contributed by atoms with E-state index in [0.717, 1.165) is 6.42 Å². The Bertz CT molecular complexity index is 636. The number of aryl methyl sites for hydroxylation is 1. The smallest absolute Gasteiger partial charge is 0.202 e. The number of hydrogen-bond acceptors (Lipinski definition) is 2. The maximum atomic E-state index is 12.3. The first-order valence-electron chi connectivity index (χ1n) is 6.76. The summed E-state index contributed by atoms with van der Waals surface area (Å²) in [7, 11) is 0. The Morgan fingerprint density at radius 2 is 1.81 bits per heavy atom. The predicted octanol–water partition coefficient (Wildman–Crippen LogP) is 5.21. The molecule has 2 rings (SSSR count). The molecule has 2 aromatic carbocycles. The van der Waals surface area contributed by atoms with Gasteiger partial charge in [-0.2, -0.15) is 0 Å². The molecule has 21 heavy (non-hydrogen) atoms. The number of halogens is 2. The van der Waals surface area contributed by atoms with E-state index in [2.05, 4.69) is 6.92 Å². The zero-order valence-electron chi connectivity index (χ0n) is 11.9. The van der Waals surface area contributed by atoms with Crippen LogP contribution >= 0.6 is 23.2 Å². The van der Waals surface area contributed by atoms with E-state index in [9.17, 15) is 4.79 Å². The second-order valence-corrected chi connectivity index (χ2v) is 5.59. The fraction of sp³-hybridized carbons (Fsp3) is 0.235. The minimum Gasteiger partial charge on any atom is -0.481 e. The van der Waals surface area contributed by atoms with E-state index in [1.807, 2.05) is 24.3 Å². The molecular formula is C17H16Cl2O2. The number of hydrogen-bond donors (Lipinski definition) is 0. The molecule has 4 heteroatoms. The summed E-state index contributed by atoms with van der Waals surface area (Å²) >= 11 is 11.9. The van der Waals surface area contributed by atoms with Gasteiger partial charge >= 0.3 is 0 Å². The van der Waals surface area contributed by atoms with E-state index in [1.165, 1.54) is 5.56 Å². The molecule has 2 aromatic rings. The van der Waals surface area contributed by atoms with Crippen LogP contribution in [-0.2, 0) is 6.42 Å². The van der Waals surface area contributed by atoms with Crippen molar-refractivity contribution in [3.05, 3.63) is 63.6 Å². The van der Waals surface area contributed by atoms with Gasteiger partial charge in [-0.15, -0.1) is 0 Å². The van der Waals surface area contributed by atoms with Gasteiger partial charge < -0.3 is 4.74 Å². The van der Waals surface area contributed by atoms with Gasteiger partial charge in [0, 0.05) is 16.7 Å². The topological polar surface area (TPSA) is 26.3 Å². The molecule has 0 aromatic heterocycles. The van der Waals surface area contributed by atoms with Crippen LogP contribution in [-0.4, -0.2) is 11.9 Å². The van der Waals surface area contributed by atoms with Gasteiger partial charge in [-0.05, 0) is 31.0 Å². The van der Waals surface area contributed by atoms with E-state index in [1.54, 1.807) is 25.1 Å². The molecule has 0 aliphatic carbocycles. The van der Waals surface area contributed by atoms with Crippen LogP contribution in [0, 0.1) is 0 Å². The maximum Gasteiger partial charge on any atom is 0.202 e. The monoisotopic (exact) mass is 322 g/mol. The number of ketones is 1. The van der Waals surface area contributed by atoms with Crippen molar-refractivity contribution in [2.24, 2.45) is 0 Å². The highest BCUT2D eigenvalue weighted by Gasteiger charge is 2.18. The summed E-state index contributed by atoms with van der Waals surface area (Å²) in [5.74, 6) is 0.323. The van der Waals surface area contributed by atoms with Gasteiger partial charge in [0.2, 0.25) is 5.78 Å². The highest BCUT2D eigenvalue weighted by molar-refractivity contribution is 6.34. The highest BCUT2D eigenvalue weighted by Crippen LogP contribution is 2.29. The minimum absolute atomic E-state index is 0.0892. The molecule has 0 saturated heterocycles. The number of benzene rings is 2. The van der Waals surface area contributed by atoms with Crippen LogP contribution in [0.15, 0.2) is 42.5 Å². The minimum atomic E-state index is -0.631.